The van der Waals surface area contributed by atoms with Gasteiger partial charge in [-0.25, -0.2) is 9.18 Å². The molecule has 4 rings (SSSR count). The van der Waals surface area contributed by atoms with Gasteiger partial charge in [0, 0.05) is 31.9 Å². The van der Waals surface area contributed by atoms with Crippen LogP contribution in [0.4, 0.5) is 14.9 Å². The summed E-state index contributed by atoms with van der Waals surface area (Å²) >= 11 is 0. The van der Waals surface area contributed by atoms with Crippen molar-refractivity contribution in [3.05, 3.63) is 48.0 Å². The number of carbonyl (C=O) groups is 1. The molecule has 3 N–H and O–H groups in total. The first-order valence-corrected chi connectivity index (χ1v) is 10.7. The first-order valence-electron chi connectivity index (χ1n) is 10.7. The predicted molar refractivity (Wildman–Crippen MR) is 112 cm³/mol. The average molecular weight is 416 g/mol. The lowest BCUT2D eigenvalue weighted by molar-refractivity contribution is 0.172. The molecule has 30 heavy (non-hydrogen) atoms. The fraction of sp³-hybridized carbons (Fsp3) is 0.545. The van der Waals surface area contributed by atoms with Gasteiger partial charge in [-0.3, -0.25) is 4.68 Å². The molecule has 8 heteroatoms. The van der Waals surface area contributed by atoms with Gasteiger partial charge in [-0.15, -0.1) is 0 Å². The summed E-state index contributed by atoms with van der Waals surface area (Å²) in [6, 6.07) is 6.68. The highest BCUT2D eigenvalue weighted by Crippen LogP contribution is 2.44. The molecule has 2 aromatic rings. The van der Waals surface area contributed by atoms with E-state index in [1.807, 2.05) is 17.2 Å². The predicted octanol–water partition coefficient (Wildman–Crippen LogP) is 2.97. The Hall–Kier alpha value is -2.61. The first-order chi connectivity index (χ1) is 14.5. The van der Waals surface area contributed by atoms with Gasteiger partial charge in [-0.2, -0.15) is 5.10 Å². The molecule has 2 amide bonds. The SMILES string of the molecule is O=C(NCc1cccc(F)c1)N1CC[C@]2(CC[C@H](Nc3cnn(CCO)c3)CC2)C1. The van der Waals surface area contributed by atoms with E-state index in [1.165, 1.54) is 12.1 Å². The van der Waals surface area contributed by atoms with Gasteiger partial charge in [0.2, 0.25) is 0 Å². The van der Waals surface area contributed by atoms with E-state index in [0.29, 0.717) is 19.1 Å². The third kappa shape index (κ3) is 4.92. The molecule has 0 bridgehead atoms. The van der Waals surface area contributed by atoms with Crippen LogP contribution in [0.5, 0.6) is 0 Å². The summed E-state index contributed by atoms with van der Waals surface area (Å²) in [5.74, 6) is -0.284. The van der Waals surface area contributed by atoms with Crippen LogP contribution >= 0.6 is 0 Å². The zero-order valence-electron chi connectivity index (χ0n) is 17.2. The Balaban J connectivity index is 1.23. The molecule has 0 unspecified atom stereocenters. The molecule has 1 aliphatic carbocycles. The van der Waals surface area contributed by atoms with Crippen LogP contribution in [-0.2, 0) is 13.1 Å². The van der Waals surface area contributed by atoms with Crippen molar-refractivity contribution in [2.75, 3.05) is 25.0 Å². The zero-order chi connectivity index (χ0) is 21.0. The molecule has 1 aromatic heterocycles. The van der Waals surface area contributed by atoms with Crippen molar-refractivity contribution in [2.45, 2.75) is 51.2 Å². The van der Waals surface area contributed by atoms with Crippen molar-refractivity contribution in [1.82, 2.24) is 20.0 Å². The Kier molecular flexibility index (Phi) is 6.22. The molecule has 2 fully saturated rings. The van der Waals surface area contributed by atoms with Gasteiger partial charge in [0.1, 0.15) is 5.82 Å². The molecule has 7 nitrogen and oxygen atoms in total. The van der Waals surface area contributed by atoms with E-state index < -0.39 is 0 Å². The second kappa shape index (κ2) is 9.04. The Morgan fingerprint density at radius 2 is 2.13 bits per heavy atom. The number of amides is 2. The molecule has 0 atom stereocenters. The lowest BCUT2D eigenvalue weighted by Gasteiger charge is -2.37. The number of carbonyl (C=O) groups excluding carboxylic acids is 1. The van der Waals surface area contributed by atoms with Crippen molar-refractivity contribution >= 4 is 11.7 Å². The van der Waals surface area contributed by atoms with Crippen molar-refractivity contribution in [3.8, 4) is 0 Å². The van der Waals surface area contributed by atoms with Gasteiger partial charge in [-0.1, -0.05) is 12.1 Å². The largest absolute Gasteiger partial charge is 0.394 e. The van der Waals surface area contributed by atoms with Crippen LogP contribution in [0.15, 0.2) is 36.7 Å². The van der Waals surface area contributed by atoms with Crippen molar-refractivity contribution in [2.24, 2.45) is 5.41 Å². The average Bonchev–Trinajstić information content (AvgIpc) is 3.36. The Morgan fingerprint density at radius 1 is 1.30 bits per heavy atom. The van der Waals surface area contributed by atoms with Crippen molar-refractivity contribution in [3.63, 3.8) is 0 Å². The quantitative estimate of drug-likeness (QED) is 0.678. The highest BCUT2D eigenvalue weighted by Gasteiger charge is 2.42. The maximum atomic E-state index is 13.3. The van der Waals surface area contributed by atoms with Gasteiger partial charge in [0.25, 0.3) is 0 Å². The standard InChI is InChI=1S/C22H30FN5O2/c23-18-3-1-2-17(12-18)13-24-21(30)27-9-8-22(16-27)6-4-19(5-7-22)26-20-14-25-28(15-20)10-11-29/h1-3,12,14-15,19,26,29H,4-11,13,16H2,(H,24,30)/t19-,22+. The van der Waals surface area contributed by atoms with E-state index in [-0.39, 0.29) is 23.9 Å². The minimum absolute atomic E-state index is 0.0623. The number of aromatic nitrogens is 2. The van der Waals surface area contributed by atoms with E-state index in [4.69, 9.17) is 5.11 Å². The summed E-state index contributed by atoms with van der Waals surface area (Å²) in [7, 11) is 0. The fourth-order valence-electron chi connectivity index (χ4n) is 4.73. The van der Waals surface area contributed by atoms with Gasteiger partial charge < -0.3 is 20.6 Å². The van der Waals surface area contributed by atoms with E-state index in [1.54, 1.807) is 16.9 Å². The summed E-state index contributed by atoms with van der Waals surface area (Å²) in [4.78, 5) is 14.5. The number of benzene rings is 1. The van der Waals surface area contributed by atoms with E-state index in [9.17, 15) is 9.18 Å². The van der Waals surface area contributed by atoms with Gasteiger partial charge >= 0.3 is 6.03 Å². The lowest BCUT2D eigenvalue weighted by atomic mass is 9.72. The third-order valence-corrected chi connectivity index (χ3v) is 6.44. The Morgan fingerprint density at radius 3 is 2.90 bits per heavy atom. The highest BCUT2D eigenvalue weighted by molar-refractivity contribution is 5.74. The molecule has 2 heterocycles. The normalized spacial score (nSPS) is 23.7. The second-order valence-electron chi connectivity index (χ2n) is 8.59. The van der Waals surface area contributed by atoms with E-state index in [0.717, 1.165) is 56.4 Å². The fourth-order valence-corrected chi connectivity index (χ4v) is 4.73. The van der Waals surface area contributed by atoms with Crippen LogP contribution in [0.1, 0.15) is 37.7 Å². The number of aliphatic hydroxyl groups is 1. The second-order valence-corrected chi connectivity index (χ2v) is 8.59. The van der Waals surface area contributed by atoms with Crippen LogP contribution in [-0.4, -0.2) is 51.6 Å². The summed E-state index contributed by atoms with van der Waals surface area (Å²) < 4.78 is 15.0. The van der Waals surface area contributed by atoms with Crippen molar-refractivity contribution in [1.29, 1.82) is 0 Å². The van der Waals surface area contributed by atoms with Gasteiger partial charge in [0.05, 0.1) is 25.0 Å². The minimum atomic E-state index is -0.284. The maximum absolute atomic E-state index is 13.3. The molecule has 1 aliphatic heterocycles. The number of likely N-dealkylation sites (tertiary alicyclic amines) is 1. The van der Waals surface area contributed by atoms with Gasteiger partial charge in [0.15, 0.2) is 0 Å². The number of nitrogens with one attached hydrogen (secondary N) is 2. The van der Waals surface area contributed by atoms with Gasteiger partial charge in [-0.05, 0) is 55.2 Å². The Bertz CT molecular complexity index is 863. The van der Waals surface area contributed by atoms with Crippen LogP contribution in [0.2, 0.25) is 0 Å². The van der Waals surface area contributed by atoms with Crippen LogP contribution < -0.4 is 10.6 Å². The summed E-state index contributed by atoms with van der Waals surface area (Å²) in [5, 5.41) is 19.7. The molecule has 0 radical (unpaired) electrons. The first kappa shape index (κ1) is 20.7. The minimum Gasteiger partial charge on any atom is -0.394 e. The number of hydrogen-bond donors (Lipinski definition) is 3. The molecular formula is C22H30FN5O2. The highest BCUT2D eigenvalue weighted by atomic mass is 19.1. The number of aliphatic hydroxyl groups excluding tert-OH is 1. The third-order valence-electron chi connectivity index (χ3n) is 6.44. The maximum Gasteiger partial charge on any atom is 0.317 e. The molecule has 1 aromatic carbocycles. The van der Waals surface area contributed by atoms with Crippen LogP contribution in [0.25, 0.3) is 0 Å². The molecule has 2 aliphatic rings. The zero-order valence-corrected chi connectivity index (χ0v) is 17.2. The summed E-state index contributed by atoms with van der Waals surface area (Å²) in [5.41, 5.74) is 1.98. The molecule has 1 saturated carbocycles. The number of halogens is 1. The smallest absolute Gasteiger partial charge is 0.317 e. The summed E-state index contributed by atoms with van der Waals surface area (Å²) in [6.07, 6.45) is 9.13. The topological polar surface area (TPSA) is 82.4 Å². The molecule has 1 spiro atoms. The summed E-state index contributed by atoms with van der Waals surface area (Å²) in [6.45, 7) is 2.51. The van der Waals surface area contributed by atoms with Crippen LogP contribution in [0.3, 0.4) is 0 Å². The van der Waals surface area contributed by atoms with Crippen LogP contribution in [0, 0.1) is 11.2 Å². The molecule has 162 valence electrons. The number of anilines is 1. The van der Waals surface area contributed by atoms with E-state index in [2.05, 4.69) is 15.7 Å². The Labute approximate surface area is 176 Å². The number of urea groups is 1. The number of nitrogens with zero attached hydrogens (tertiary/aromatic N) is 3. The monoisotopic (exact) mass is 415 g/mol. The molecular weight excluding hydrogens is 385 g/mol. The number of rotatable bonds is 6. The van der Waals surface area contributed by atoms with E-state index >= 15 is 0 Å². The lowest BCUT2D eigenvalue weighted by Crippen LogP contribution is -2.41. The van der Waals surface area contributed by atoms with Crippen molar-refractivity contribution < 1.29 is 14.3 Å². The number of hydrogen-bond acceptors (Lipinski definition) is 4. The molecule has 1 saturated heterocycles.